The number of hydrogen-bond acceptors (Lipinski definition) is 3. The van der Waals surface area contributed by atoms with Crippen LogP contribution in [0.3, 0.4) is 0 Å². The molecule has 1 aliphatic rings. The first-order valence-corrected chi connectivity index (χ1v) is 7.13. The van der Waals surface area contributed by atoms with E-state index in [4.69, 9.17) is 5.73 Å². The smallest absolute Gasteiger partial charge is 0.0235 e. The van der Waals surface area contributed by atoms with Gasteiger partial charge in [-0.1, -0.05) is 26.7 Å². The Bertz CT molecular complexity index is 206. The summed E-state index contributed by atoms with van der Waals surface area (Å²) in [4.78, 5) is 4.90. The summed E-state index contributed by atoms with van der Waals surface area (Å²) in [6.45, 7) is 8.12. The fraction of sp³-hybridized carbons (Fsp3) is 1.00. The average molecular weight is 241 g/mol. The predicted octanol–water partition coefficient (Wildman–Crippen LogP) is 1.78. The molecular weight excluding hydrogens is 210 g/mol. The summed E-state index contributed by atoms with van der Waals surface area (Å²) in [6, 6.07) is 1.04. The maximum Gasteiger partial charge on any atom is 0.0235 e. The van der Waals surface area contributed by atoms with Crippen LogP contribution in [-0.2, 0) is 0 Å². The van der Waals surface area contributed by atoms with Gasteiger partial charge in [0.05, 0.1) is 0 Å². The first kappa shape index (κ1) is 14.9. The highest BCUT2D eigenvalue weighted by molar-refractivity contribution is 4.82. The summed E-state index contributed by atoms with van der Waals surface area (Å²) in [5, 5.41) is 0. The van der Waals surface area contributed by atoms with Crippen LogP contribution in [0.5, 0.6) is 0 Å². The van der Waals surface area contributed by atoms with Crippen molar-refractivity contribution in [3.05, 3.63) is 0 Å². The molecule has 2 atom stereocenters. The molecule has 0 amide bonds. The Balaban J connectivity index is 2.22. The molecule has 2 unspecified atom stereocenters. The molecule has 0 aromatic heterocycles. The minimum absolute atomic E-state index is 0.382. The summed E-state index contributed by atoms with van der Waals surface area (Å²) in [5.74, 6) is 0.811. The van der Waals surface area contributed by atoms with Crippen molar-refractivity contribution >= 4 is 0 Å². The third-order valence-corrected chi connectivity index (χ3v) is 3.91. The van der Waals surface area contributed by atoms with E-state index < -0.39 is 0 Å². The lowest BCUT2D eigenvalue weighted by molar-refractivity contribution is 0.103. The van der Waals surface area contributed by atoms with Gasteiger partial charge in [0.25, 0.3) is 0 Å². The summed E-state index contributed by atoms with van der Waals surface area (Å²) < 4.78 is 0. The SMILES string of the molecule is CC(C)CCCC(N)CC1CN(C)CCN1C. The number of piperazine rings is 1. The lowest BCUT2D eigenvalue weighted by Gasteiger charge is -2.38. The summed E-state index contributed by atoms with van der Waals surface area (Å²) >= 11 is 0. The van der Waals surface area contributed by atoms with Crippen LogP contribution < -0.4 is 5.73 Å². The zero-order chi connectivity index (χ0) is 12.8. The molecule has 1 saturated heterocycles. The molecule has 1 aliphatic heterocycles. The van der Waals surface area contributed by atoms with Crippen molar-refractivity contribution in [2.75, 3.05) is 33.7 Å². The minimum atomic E-state index is 0.382. The van der Waals surface area contributed by atoms with Crippen LogP contribution in [0.4, 0.5) is 0 Å². The number of nitrogens with zero attached hydrogens (tertiary/aromatic N) is 2. The third-order valence-electron chi connectivity index (χ3n) is 3.91. The van der Waals surface area contributed by atoms with Gasteiger partial charge in [-0.15, -0.1) is 0 Å². The van der Waals surface area contributed by atoms with E-state index in [1.807, 2.05) is 0 Å². The van der Waals surface area contributed by atoms with Gasteiger partial charge in [-0.25, -0.2) is 0 Å². The minimum Gasteiger partial charge on any atom is -0.328 e. The number of rotatable bonds is 6. The largest absolute Gasteiger partial charge is 0.328 e. The second kappa shape index (κ2) is 7.34. The van der Waals surface area contributed by atoms with Crippen LogP contribution in [0.15, 0.2) is 0 Å². The van der Waals surface area contributed by atoms with Crippen molar-refractivity contribution in [2.45, 2.75) is 51.6 Å². The van der Waals surface area contributed by atoms with Crippen molar-refractivity contribution in [1.29, 1.82) is 0 Å². The summed E-state index contributed by atoms with van der Waals surface area (Å²) in [5.41, 5.74) is 6.25. The van der Waals surface area contributed by atoms with E-state index >= 15 is 0 Å². The monoisotopic (exact) mass is 241 g/mol. The van der Waals surface area contributed by atoms with E-state index in [1.165, 1.54) is 38.9 Å². The Morgan fingerprint density at radius 3 is 2.53 bits per heavy atom. The van der Waals surface area contributed by atoms with E-state index in [0.717, 1.165) is 12.3 Å². The Morgan fingerprint density at radius 2 is 1.88 bits per heavy atom. The van der Waals surface area contributed by atoms with Crippen LogP contribution in [0.25, 0.3) is 0 Å². The van der Waals surface area contributed by atoms with E-state index in [1.54, 1.807) is 0 Å². The van der Waals surface area contributed by atoms with Gasteiger partial charge in [0.15, 0.2) is 0 Å². The second-order valence-electron chi connectivity index (χ2n) is 6.22. The molecule has 0 aliphatic carbocycles. The molecule has 0 saturated carbocycles. The molecule has 0 bridgehead atoms. The molecule has 1 heterocycles. The van der Waals surface area contributed by atoms with Crippen molar-refractivity contribution < 1.29 is 0 Å². The fourth-order valence-electron chi connectivity index (χ4n) is 2.61. The van der Waals surface area contributed by atoms with Crippen LogP contribution in [-0.4, -0.2) is 55.6 Å². The van der Waals surface area contributed by atoms with Gasteiger partial charge >= 0.3 is 0 Å². The van der Waals surface area contributed by atoms with E-state index in [0.29, 0.717) is 12.1 Å². The van der Waals surface area contributed by atoms with Crippen LogP contribution in [0, 0.1) is 5.92 Å². The number of hydrogen-bond donors (Lipinski definition) is 1. The zero-order valence-electron chi connectivity index (χ0n) is 12.2. The fourth-order valence-corrected chi connectivity index (χ4v) is 2.61. The third kappa shape index (κ3) is 5.84. The van der Waals surface area contributed by atoms with Crippen LogP contribution in [0.1, 0.15) is 39.5 Å². The average Bonchev–Trinajstić information content (AvgIpc) is 2.23. The first-order valence-electron chi connectivity index (χ1n) is 7.13. The summed E-state index contributed by atoms with van der Waals surface area (Å²) in [6.07, 6.45) is 4.93. The van der Waals surface area contributed by atoms with E-state index in [-0.39, 0.29) is 0 Å². The molecule has 1 rings (SSSR count). The normalized spacial score (nSPS) is 25.4. The van der Waals surface area contributed by atoms with Gasteiger partial charge in [-0.2, -0.15) is 0 Å². The van der Waals surface area contributed by atoms with Gasteiger partial charge < -0.3 is 15.5 Å². The topological polar surface area (TPSA) is 32.5 Å². The van der Waals surface area contributed by atoms with Crippen molar-refractivity contribution in [3.63, 3.8) is 0 Å². The molecule has 0 aromatic carbocycles. The Hall–Kier alpha value is -0.120. The molecule has 102 valence electrons. The maximum atomic E-state index is 6.25. The Labute approximate surface area is 107 Å². The zero-order valence-corrected chi connectivity index (χ0v) is 12.2. The molecule has 2 N–H and O–H groups in total. The van der Waals surface area contributed by atoms with Crippen molar-refractivity contribution in [3.8, 4) is 0 Å². The molecule has 0 spiro atoms. The van der Waals surface area contributed by atoms with Crippen molar-refractivity contribution in [2.24, 2.45) is 11.7 Å². The van der Waals surface area contributed by atoms with Gasteiger partial charge in [0, 0.05) is 31.7 Å². The summed E-state index contributed by atoms with van der Waals surface area (Å²) in [7, 11) is 4.45. The highest BCUT2D eigenvalue weighted by atomic mass is 15.3. The van der Waals surface area contributed by atoms with Crippen molar-refractivity contribution in [1.82, 2.24) is 9.80 Å². The lowest BCUT2D eigenvalue weighted by atomic mass is 9.97. The number of likely N-dealkylation sites (N-methyl/N-ethyl adjacent to an activating group) is 2. The van der Waals surface area contributed by atoms with E-state index in [2.05, 4.69) is 37.7 Å². The molecule has 1 fully saturated rings. The molecule has 0 aromatic rings. The second-order valence-corrected chi connectivity index (χ2v) is 6.22. The molecular formula is C14H31N3. The molecule has 3 heteroatoms. The Kier molecular flexibility index (Phi) is 6.45. The quantitative estimate of drug-likeness (QED) is 0.769. The van der Waals surface area contributed by atoms with E-state index in [9.17, 15) is 0 Å². The van der Waals surface area contributed by atoms with Gasteiger partial charge in [-0.3, -0.25) is 0 Å². The van der Waals surface area contributed by atoms with Gasteiger partial charge in [-0.05, 0) is 32.9 Å². The standard InChI is InChI=1S/C14H31N3/c1-12(2)6-5-7-13(15)10-14-11-16(3)8-9-17(14)4/h12-14H,5-11,15H2,1-4H3. The van der Waals surface area contributed by atoms with Crippen LogP contribution >= 0.6 is 0 Å². The predicted molar refractivity (Wildman–Crippen MR) is 75.2 cm³/mol. The molecule has 17 heavy (non-hydrogen) atoms. The molecule has 3 nitrogen and oxygen atoms in total. The highest BCUT2D eigenvalue weighted by Gasteiger charge is 2.23. The lowest BCUT2D eigenvalue weighted by Crippen LogP contribution is -2.51. The van der Waals surface area contributed by atoms with Crippen LogP contribution in [0.2, 0.25) is 0 Å². The van der Waals surface area contributed by atoms with Gasteiger partial charge in [0.1, 0.15) is 0 Å². The number of nitrogens with two attached hydrogens (primary N) is 1. The molecule has 0 radical (unpaired) electrons. The first-order chi connectivity index (χ1) is 7.99. The van der Waals surface area contributed by atoms with Gasteiger partial charge in [0.2, 0.25) is 0 Å². The maximum absolute atomic E-state index is 6.25. The highest BCUT2D eigenvalue weighted by Crippen LogP contribution is 2.15. The Morgan fingerprint density at radius 1 is 1.18 bits per heavy atom.